The number of hydrogen-bond acceptors (Lipinski definition) is 5. The van der Waals surface area contributed by atoms with Crippen LogP contribution in [-0.4, -0.2) is 16.2 Å². The topological polar surface area (TPSA) is 61.6 Å². The van der Waals surface area contributed by atoms with Crippen LogP contribution in [-0.2, 0) is 0 Å². The van der Waals surface area contributed by atoms with Gasteiger partial charge in [-0.15, -0.1) is 11.8 Å². The zero-order valence-electron chi connectivity index (χ0n) is 11.4. The van der Waals surface area contributed by atoms with E-state index >= 15 is 0 Å². The van der Waals surface area contributed by atoms with E-state index in [1.807, 2.05) is 36.6 Å². The van der Waals surface area contributed by atoms with E-state index in [0.717, 1.165) is 16.5 Å². The van der Waals surface area contributed by atoms with Crippen LogP contribution in [0.1, 0.15) is 5.56 Å². The Balaban J connectivity index is 2.10. The number of benzene rings is 2. The van der Waals surface area contributed by atoms with Crippen molar-refractivity contribution in [2.45, 2.75) is 5.03 Å². The summed E-state index contributed by atoms with van der Waals surface area (Å²) in [6.07, 6.45) is 3.37. The highest BCUT2D eigenvalue weighted by Gasteiger charge is 2.11. The summed E-state index contributed by atoms with van der Waals surface area (Å²) in [7, 11) is 0. The lowest BCUT2D eigenvalue weighted by Crippen LogP contribution is -2.00. The minimum atomic E-state index is 0.470. The molecule has 0 saturated carbocycles. The largest absolute Gasteiger partial charge is 0.338 e. The molecule has 1 aromatic heterocycles. The molecule has 0 fully saturated rings. The summed E-state index contributed by atoms with van der Waals surface area (Å²) in [5.41, 5.74) is 1.40. The number of nitrogens with zero attached hydrogens (tertiary/aromatic N) is 3. The first-order valence-electron chi connectivity index (χ1n) is 6.37. The van der Waals surface area contributed by atoms with Gasteiger partial charge in [0.15, 0.2) is 5.82 Å². The van der Waals surface area contributed by atoms with Gasteiger partial charge in [0.25, 0.3) is 0 Å². The van der Waals surface area contributed by atoms with Gasteiger partial charge in [-0.05, 0) is 17.7 Å². The molecule has 0 aliphatic carbocycles. The monoisotopic (exact) mass is 292 g/mol. The molecule has 21 heavy (non-hydrogen) atoms. The molecule has 0 saturated heterocycles. The molecular formula is C16H12N4S. The summed E-state index contributed by atoms with van der Waals surface area (Å²) < 4.78 is 0. The van der Waals surface area contributed by atoms with E-state index in [1.54, 1.807) is 0 Å². The molecule has 4 nitrogen and oxygen atoms in total. The van der Waals surface area contributed by atoms with E-state index < -0.39 is 0 Å². The fourth-order valence-corrected chi connectivity index (χ4v) is 2.68. The van der Waals surface area contributed by atoms with Gasteiger partial charge < -0.3 is 5.32 Å². The van der Waals surface area contributed by atoms with E-state index in [2.05, 4.69) is 33.5 Å². The molecule has 1 heterocycles. The molecule has 102 valence electrons. The molecule has 5 heteroatoms. The van der Waals surface area contributed by atoms with Crippen LogP contribution in [0.25, 0.3) is 10.8 Å². The fraction of sp³-hybridized carbons (Fsp3) is 0.0625. The predicted molar refractivity (Wildman–Crippen MR) is 85.8 cm³/mol. The summed E-state index contributed by atoms with van der Waals surface area (Å²) in [4.78, 5) is 8.32. The van der Waals surface area contributed by atoms with Gasteiger partial charge in [-0.25, -0.2) is 9.97 Å². The first-order valence-corrected chi connectivity index (χ1v) is 7.60. The van der Waals surface area contributed by atoms with Crippen molar-refractivity contribution in [2.24, 2.45) is 0 Å². The van der Waals surface area contributed by atoms with Crippen LogP contribution >= 0.6 is 11.8 Å². The Hall–Kier alpha value is -2.58. The average molecular weight is 292 g/mol. The van der Waals surface area contributed by atoms with Crippen LogP contribution in [0, 0.1) is 11.3 Å². The second-order valence-corrected chi connectivity index (χ2v) is 5.17. The normalized spacial score (nSPS) is 10.3. The summed E-state index contributed by atoms with van der Waals surface area (Å²) in [6, 6.07) is 16.3. The molecule has 3 rings (SSSR count). The lowest BCUT2D eigenvalue weighted by Gasteiger charge is -2.11. The van der Waals surface area contributed by atoms with Gasteiger partial charge in [0.05, 0.1) is 0 Å². The Morgan fingerprint density at radius 1 is 1.10 bits per heavy atom. The van der Waals surface area contributed by atoms with Crippen molar-refractivity contribution in [3.63, 3.8) is 0 Å². The number of rotatable bonds is 3. The number of thioether (sulfide) groups is 1. The van der Waals surface area contributed by atoms with Gasteiger partial charge in [0.1, 0.15) is 23.0 Å². The zero-order valence-corrected chi connectivity index (χ0v) is 12.2. The zero-order chi connectivity index (χ0) is 14.7. The highest BCUT2D eigenvalue weighted by atomic mass is 32.2. The Morgan fingerprint density at radius 3 is 2.71 bits per heavy atom. The molecule has 0 aliphatic rings. The van der Waals surface area contributed by atoms with Crippen LogP contribution in [0.3, 0.4) is 0 Å². The first-order chi connectivity index (χ1) is 10.3. The molecule has 0 atom stereocenters. The maximum atomic E-state index is 9.34. The number of hydrogen-bond donors (Lipinski definition) is 1. The van der Waals surface area contributed by atoms with E-state index in [4.69, 9.17) is 0 Å². The van der Waals surface area contributed by atoms with Crippen LogP contribution in [0.2, 0.25) is 0 Å². The number of nitrogens with one attached hydrogen (secondary N) is 1. The van der Waals surface area contributed by atoms with E-state index in [-0.39, 0.29) is 0 Å². The maximum Gasteiger partial charge on any atom is 0.152 e. The maximum absolute atomic E-state index is 9.34. The van der Waals surface area contributed by atoms with Crippen LogP contribution < -0.4 is 5.32 Å². The van der Waals surface area contributed by atoms with Gasteiger partial charge in [-0.1, -0.05) is 36.4 Å². The Labute approximate surface area is 126 Å². The minimum Gasteiger partial charge on any atom is -0.338 e. The second-order valence-electron chi connectivity index (χ2n) is 4.37. The van der Waals surface area contributed by atoms with Crippen molar-refractivity contribution in [3.8, 4) is 6.07 Å². The molecular weight excluding hydrogens is 280 g/mol. The smallest absolute Gasteiger partial charge is 0.152 e. The van der Waals surface area contributed by atoms with Crippen molar-refractivity contribution in [2.75, 3.05) is 11.6 Å². The second kappa shape index (κ2) is 5.81. The summed E-state index contributed by atoms with van der Waals surface area (Å²) in [5.74, 6) is 0.535. The molecule has 0 radical (unpaired) electrons. The van der Waals surface area contributed by atoms with Crippen molar-refractivity contribution >= 4 is 34.0 Å². The average Bonchev–Trinajstić information content (AvgIpc) is 2.55. The molecule has 2 aromatic carbocycles. The number of nitriles is 1. The van der Waals surface area contributed by atoms with E-state index in [1.165, 1.54) is 18.1 Å². The van der Waals surface area contributed by atoms with Crippen molar-refractivity contribution in [1.29, 1.82) is 5.26 Å². The van der Waals surface area contributed by atoms with Gasteiger partial charge in [0.2, 0.25) is 0 Å². The van der Waals surface area contributed by atoms with Gasteiger partial charge >= 0.3 is 0 Å². The Kier molecular flexibility index (Phi) is 3.71. The van der Waals surface area contributed by atoms with Crippen LogP contribution in [0.15, 0.2) is 53.8 Å². The van der Waals surface area contributed by atoms with Gasteiger partial charge in [-0.3, -0.25) is 0 Å². The molecule has 1 N–H and O–H groups in total. The van der Waals surface area contributed by atoms with Gasteiger partial charge in [-0.2, -0.15) is 5.26 Å². The number of fused-ring (bicyclic) bond motifs is 1. The SMILES string of the molecule is CSc1ncnc(Nc2cccc3ccccc23)c1C#N. The summed E-state index contributed by atoms with van der Waals surface area (Å²) in [6.45, 7) is 0. The molecule has 0 amide bonds. The number of aromatic nitrogens is 2. The predicted octanol–water partition coefficient (Wildman–Crippen LogP) is 3.97. The minimum absolute atomic E-state index is 0.470. The Morgan fingerprint density at radius 2 is 1.90 bits per heavy atom. The van der Waals surface area contributed by atoms with E-state index in [9.17, 15) is 5.26 Å². The first kappa shape index (κ1) is 13.4. The van der Waals surface area contributed by atoms with Crippen molar-refractivity contribution in [1.82, 2.24) is 9.97 Å². The molecule has 0 unspecified atom stereocenters. The lowest BCUT2D eigenvalue weighted by atomic mass is 10.1. The third-order valence-electron chi connectivity index (χ3n) is 3.16. The van der Waals surface area contributed by atoms with Crippen molar-refractivity contribution < 1.29 is 0 Å². The van der Waals surface area contributed by atoms with Crippen LogP contribution in [0.5, 0.6) is 0 Å². The third kappa shape index (κ3) is 2.54. The fourth-order valence-electron chi connectivity index (χ4n) is 2.18. The quantitative estimate of drug-likeness (QED) is 0.584. The molecule has 3 aromatic rings. The molecule has 0 spiro atoms. The number of anilines is 2. The van der Waals surface area contributed by atoms with Crippen molar-refractivity contribution in [3.05, 3.63) is 54.4 Å². The third-order valence-corrected chi connectivity index (χ3v) is 3.86. The molecule has 0 aliphatic heterocycles. The molecule has 0 bridgehead atoms. The standard InChI is InChI=1S/C16H12N4S/c1-21-16-13(9-17)15(18-10-19-16)20-14-8-4-6-11-5-2-3-7-12(11)14/h2-8,10H,1H3,(H,18,19,20). The summed E-state index contributed by atoms with van der Waals surface area (Å²) in [5, 5.41) is 15.5. The highest BCUT2D eigenvalue weighted by molar-refractivity contribution is 7.98. The van der Waals surface area contributed by atoms with Gasteiger partial charge in [0, 0.05) is 11.1 Å². The Bertz CT molecular complexity index is 834. The lowest BCUT2D eigenvalue weighted by molar-refractivity contribution is 1.04. The highest BCUT2D eigenvalue weighted by Crippen LogP contribution is 2.29. The van der Waals surface area contributed by atoms with Crippen LogP contribution in [0.4, 0.5) is 11.5 Å². The van der Waals surface area contributed by atoms with E-state index in [0.29, 0.717) is 16.4 Å². The summed E-state index contributed by atoms with van der Waals surface area (Å²) >= 11 is 1.43.